The van der Waals surface area contributed by atoms with E-state index in [1.165, 1.54) is 39.3 Å². The summed E-state index contributed by atoms with van der Waals surface area (Å²) in [4.78, 5) is 27.7. The minimum atomic E-state index is -3.92. The molecule has 2 aromatic rings. The summed E-state index contributed by atoms with van der Waals surface area (Å²) in [6.45, 7) is 1.32. The average molecular weight is 508 g/mol. The number of nitrogens with zero attached hydrogens (tertiary/aromatic N) is 2. The molecule has 35 heavy (non-hydrogen) atoms. The van der Waals surface area contributed by atoms with Gasteiger partial charge in [0.25, 0.3) is 0 Å². The van der Waals surface area contributed by atoms with Crippen LogP contribution in [-0.4, -0.2) is 72.4 Å². The molecule has 0 radical (unpaired) electrons. The Kier molecular flexibility index (Phi) is 9.76. The molecule has 2 amide bonds. The number of carbonyl (C=O) groups excluding carboxylic acids is 2. The van der Waals surface area contributed by atoms with Crippen LogP contribution in [0.3, 0.4) is 0 Å². The third kappa shape index (κ3) is 7.01. The van der Waals surface area contributed by atoms with Crippen LogP contribution in [0.5, 0.6) is 17.2 Å². The summed E-state index contributed by atoms with van der Waals surface area (Å²) in [5, 5.41) is 2.58. The lowest BCUT2D eigenvalue weighted by molar-refractivity contribution is -0.140. The van der Waals surface area contributed by atoms with E-state index in [-0.39, 0.29) is 23.9 Å². The maximum atomic E-state index is 13.6. The van der Waals surface area contributed by atoms with Crippen molar-refractivity contribution in [3.8, 4) is 17.2 Å². The van der Waals surface area contributed by atoms with Gasteiger partial charge in [0.15, 0.2) is 0 Å². The highest BCUT2D eigenvalue weighted by molar-refractivity contribution is 7.92. The highest BCUT2D eigenvalue weighted by atomic mass is 32.2. The van der Waals surface area contributed by atoms with Crippen LogP contribution < -0.4 is 23.8 Å². The van der Waals surface area contributed by atoms with Crippen molar-refractivity contribution < 1.29 is 32.2 Å². The van der Waals surface area contributed by atoms with Crippen LogP contribution in [-0.2, 0) is 26.2 Å². The Morgan fingerprint density at radius 3 is 2.20 bits per heavy atom. The van der Waals surface area contributed by atoms with Gasteiger partial charge in [-0.25, -0.2) is 8.42 Å². The van der Waals surface area contributed by atoms with Gasteiger partial charge in [-0.1, -0.05) is 19.1 Å². The molecule has 0 saturated carbocycles. The summed E-state index contributed by atoms with van der Waals surface area (Å²) in [6.07, 6.45) is 1.33. The first-order chi connectivity index (χ1) is 16.6. The molecule has 10 nitrogen and oxygen atoms in total. The van der Waals surface area contributed by atoms with E-state index in [1.807, 2.05) is 0 Å². The second-order valence-corrected chi connectivity index (χ2v) is 9.63. The summed E-state index contributed by atoms with van der Waals surface area (Å²) in [5.41, 5.74) is 0.877. The van der Waals surface area contributed by atoms with Crippen molar-refractivity contribution in [3.05, 3.63) is 48.0 Å². The van der Waals surface area contributed by atoms with E-state index in [1.54, 1.807) is 43.3 Å². The number of carbonyl (C=O) groups is 2. The molecule has 0 aliphatic carbocycles. The van der Waals surface area contributed by atoms with Crippen molar-refractivity contribution >= 4 is 27.5 Å². The van der Waals surface area contributed by atoms with Gasteiger partial charge in [-0.15, -0.1) is 0 Å². The van der Waals surface area contributed by atoms with Crippen LogP contribution in [0.15, 0.2) is 42.5 Å². The van der Waals surface area contributed by atoms with Gasteiger partial charge in [0.05, 0.1) is 33.3 Å². The summed E-state index contributed by atoms with van der Waals surface area (Å²) < 4.78 is 42.4. The smallest absolute Gasteiger partial charge is 0.244 e. The van der Waals surface area contributed by atoms with Crippen molar-refractivity contribution in [2.24, 2.45) is 0 Å². The van der Waals surface area contributed by atoms with Gasteiger partial charge in [0, 0.05) is 19.7 Å². The molecule has 0 aliphatic heterocycles. The first-order valence-electron chi connectivity index (χ1n) is 10.9. The van der Waals surface area contributed by atoms with E-state index in [0.29, 0.717) is 17.9 Å². The minimum Gasteiger partial charge on any atom is -0.497 e. The van der Waals surface area contributed by atoms with Gasteiger partial charge >= 0.3 is 0 Å². The van der Waals surface area contributed by atoms with Crippen LogP contribution in [0.4, 0.5) is 5.69 Å². The lowest BCUT2D eigenvalue weighted by Crippen LogP contribution is -2.51. The third-order valence-electron chi connectivity index (χ3n) is 5.45. The maximum Gasteiger partial charge on any atom is 0.244 e. The highest BCUT2D eigenvalue weighted by Crippen LogP contribution is 2.34. The standard InChI is InChI=1S/C24H33N3O7S/c1-7-20(24(29)25-2)26(15-17-9-8-10-18(13-17)32-3)23(28)16-27(35(6,30)31)21-14-19(33-4)11-12-22(21)34-5/h8-14,20H,7,15-16H2,1-6H3,(H,25,29)/t20-/m0/s1. The molecule has 1 atom stereocenters. The lowest BCUT2D eigenvalue weighted by Gasteiger charge is -2.33. The van der Waals surface area contributed by atoms with Crippen molar-refractivity contribution in [1.29, 1.82) is 0 Å². The molecule has 0 saturated heterocycles. The highest BCUT2D eigenvalue weighted by Gasteiger charge is 2.32. The van der Waals surface area contributed by atoms with E-state index >= 15 is 0 Å². The Labute approximate surface area is 206 Å². The van der Waals surface area contributed by atoms with Gasteiger partial charge < -0.3 is 24.4 Å². The predicted molar refractivity (Wildman–Crippen MR) is 133 cm³/mol. The number of hydrogen-bond donors (Lipinski definition) is 1. The molecule has 1 N–H and O–H groups in total. The Morgan fingerprint density at radius 2 is 1.66 bits per heavy atom. The van der Waals surface area contributed by atoms with Gasteiger partial charge in [0.1, 0.15) is 29.8 Å². The fourth-order valence-corrected chi connectivity index (χ4v) is 4.48. The van der Waals surface area contributed by atoms with E-state index < -0.39 is 28.5 Å². The number of anilines is 1. The predicted octanol–water partition coefficient (Wildman–Crippen LogP) is 2.03. The van der Waals surface area contributed by atoms with Crippen LogP contribution in [0.2, 0.25) is 0 Å². The average Bonchev–Trinajstić information content (AvgIpc) is 2.85. The normalized spacial score (nSPS) is 11.8. The SMILES string of the molecule is CC[C@@H](C(=O)NC)N(Cc1cccc(OC)c1)C(=O)CN(c1cc(OC)ccc1OC)S(C)(=O)=O. The van der Waals surface area contributed by atoms with Crippen molar-refractivity contribution in [2.45, 2.75) is 25.9 Å². The number of benzene rings is 2. The van der Waals surface area contributed by atoms with E-state index in [0.717, 1.165) is 16.1 Å². The number of methoxy groups -OCH3 is 3. The second-order valence-electron chi connectivity index (χ2n) is 7.72. The fraction of sp³-hybridized carbons (Fsp3) is 0.417. The Bertz CT molecular complexity index is 1140. The van der Waals surface area contributed by atoms with Gasteiger partial charge in [0.2, 0.25) is 21.8 Å². The molecule has 11 heteroatoms. The van der Waals surface area contributed by atoms with Crippen LogP contribution in [0.25, 0.3) is 0 Å². The maximum absolute atomic E-state index is 13.6. The van der Waals surface area contributed by atoms with E-state index in [9.17, 15) is 18.0 Å². The Balaban J connectivity index is 2.53. The van der Waals surface area contributed by atoms with Crippen LogP contribution in [0, 0.1) is 0 Å². The molecular weight excluding hydrogens is 474 g/mol. The first kappa shape index (κ1) is 27.8. The summed E-state index contributed by atoms with van der Waals surface area (Å²) in [5.74, 6) is 0.336. The van der Waals surface area contributed by atoms with E-state index in [2.05, 4.69) is 5.32 Å². The lowest BCUT2D eigenvalue weighted by atomic mass is 10.1. The van der Waals surface area contributed by atoms with E-state index in [4.69, 9.17) is 14.2 Å². The third-order valence-corrected chi connectivity index (χ3v) is 6.58. The summed E-state index contributed by atoms with van der Waals surface area (Å²) in [7, 11) is 1.96. The minimum absolute atomic E-state index is 0.0782. The first-order valence-corrected chi connectivity index (χ1v) is 12.8. The Morgan fingerprint density at radius 1 is 1.00 bits per heavy atom. The molecule has 0 heterocycles. The van der Waals surface area contributed by atoms with Gasteiger partial charge in [-0.3, -0.25) is 13.9 Å². The number of amides is 2. The molecule has 0 fully saturated rings. The number of likely N-dealkylation sites (N-methyl/N-ethyl adjacent to an activating group) is 1. The largest absolute Gasteiger partial charge is 0.497 e. The zero-order valence-electron chi connectivity index (χ0n) is 20.9. The molecule has 0 aliphatic rings. The molecule has 0 spiro atoms. The molecule has 2 aromatic carbocycles. The van der Waals surface area contributed by atoms with Crippen molar-refractivity contribution in [1.82, 2.24) is 10.2 Å². The monoisotopic (exact) mass is 507 g/mol. The quantitative estimate of drug-likeness (QED) is 0.468. The number of ether oxygens (including phenoxy) is 3. The number of nitrogens with one attached hydrogen (secondary N) is 1. The van der Waals surface area contributed by atoms with Crippen LogP contribution in [0.1, 0.15) is 18.9 Å². The van der Waals surface area contributed by atoms with Gasteiger partial charge in [-0.05, 0) is 36.2 Å². The van der Waals surface area contributed by atoms with Crippen LogP contribution >= 0.6 is 0 Å². The zero-order chi connectivity index (χ0) is 26.2. The molecule has 0 unspecified atom stereocenters. The second kappa shape index (κ2) is 12.3. The summed E-state index contributed by atoms with van der Waals surface area (Å²) in [6, 6.07) is 11.0. The number of rotatable bonds is 12. The number of sulfonamides is 1. The van der Waals surface area contributed by atoms with Gasteiger partial charge in [-0.2, -0.15) is 0 Å². The summed E-state index contributed by atoms with van der Waals surface area (Å²) >= 11 is 0. The topological polar surface area (TPSA) is 114 Å². The molecule has 0 bridgehead atoms. The number of hydrogen-bond acceptors (Lipinski definition) is 7. The zero-order valence-corrected chi connectivity index (χ0v) is 21.7. The van der Waals surface area contributed by atoms with Crippen molar-refractivity contribution in [2.75, 3.05) is 45.5 Å². The molecule has 2 rings (SSSR count). The molecule has 0 aromatic heterocycles. The fourth-order valence-electron chi connectivity index (χ4n) is 3.64. The molecular formula is C24H33N3O7S. The Hall–Kier alpha value is -3.47. The molecule has 192 valence electrons. The van der Waals surface area contributed by atoms with Crippen molar-refractivity contribution in [3.63, 3.8) is 0 Å².